The molecule has 81 heavy (non-hydrogen) atoms. The van der Waals surface area contributed by atoms with Crippen LogP contribution in [0.4, 0.5) is 34.1 Å². The van der Waals surface area contributed by atoms with Crippen molar-refractivity contribution in [3.05, 3.63) is 235 Å². The number of halogens is 2. The Labute approximate surface area is 515 Å². The Morgan fingerprint density at radius 2 is 0.802 bits per heavy atom. The molecular formula is C77H98Br2N2. The van der Waals surface area contributed by atoms with Gasteiger partial charge in [0.2, 0.25) is 0 Å². The maximum atomic E-state index is 3.74. The summed E-state index contributed by atoms with van der Waals surface area (Å²) in [7, 11) is 0. The fourth-order valence-electron chi connectivity index (χ4n) is 12.6. The van der Waals surface area contributed by atoms with Gasteiger partial charge in [-0.25, -0.2) is 0 Å². The molecule has 7 aromatic rings. The standard InChI is InChI=1S/C77H82Br2N2.8H2/c1-11-14-17-20-23-26-49-76(10)70-52-64(80(62-41-33-58(78)34-42-62)60-37-29-56(30-38-60)74(4,5)6)45-47-66(70)68-55-73-69(54-71(68)76)67-48-46-65(81(63-43-35-59(79)36-44-63)61-39-31-57(32-40-61)75(7,8)9)53-72(67)77(73,50-27-24-21-18-15-12-2)51-28-25-22-19-16-13-3;;;;;;;;/h29-48,50,52-55H,2,11,13-14,16-17,19-20,22-23,25-26,28,49,51H2,1,3-10H3;8*1H. The van der Waals surface area contributed by atoms with Crippen molar-refractivity contribution in [2.24, 2.45) is 0 Å². The van der Waals surface area contributed by atoms with Crippen LogP contribution in [0.25, 0.3) is 22.3 Å². The highest BCUT2D eigenvalue weighted by Crippen LogP contribution is 2.60. The van der Waals surface area contributed by atoms with Gasteiger partial charge >= 0.3 is 0 Å². The van der Waals surface area contributed by atoms with E-state index in [0.717, 1.165) is 63.1 Å². The zero-order chi connectivity index (χ0) is 57.4. The van der Waals surface area contributed by atoms with Crippen molar-refractivity contribution in [2.75, 3.05) is 9.80 Å². The van der Waals surface area contributed by atoms with Crippen LogP contribution in [0, 0.1) is 0 Å². The monoisotopic (exact) mass is 1210 g/mol. The van der Waals surface area contributed by atoms with Crippen molar-refractivity contribution >= 4 is 66.0 Å². The lowest BCUT2D eigenvalue weighted by atomic mass is 9.72. The van der Waals surface area contributed by atoms with Gasteiger partial charge in [0.05, 0.1) is 0 Å². The lowest BCUT2D eigenvalue weighted by molar-refractivity contribution is 0.480. The average molecular weight is 1210 g/mol. The summed E-state index contributed by atoms with van der Waals surface area (Å²) >= 11 is 7.49. The van der Waals surface area contributed by atoms with Gasteiger partial charge in [-0.15, -0.1) is 0 Å². The Bertz CT molecular complexity index is 3630. The summed E-state index contributed by atoms with van der Waals surface area (Å²) in [6.07, 6.45) is 19.0. The van der Waals surface area contributed by atoms with Crippen molar-refractivity contribution in [1.82, 2.24) is 0 Å². The van der Waals surface area contributed by atoms with Crippen LogP contribution in [-0.4, -0.2) is 0 Å². The van der Waals surface area contributed by atoms with E-state index in [0.29, 0.717) is 0 Å². The van der Waals surface area contributed by atoms with Crippen LogP contribution in [0.1, 0.15) is 197 Å². The zero-order valence-corrected chi connectivity index (χ0v) is 52.9. The first-order chi connectivity index (χ1) is 39.0. The number of unbranched alkanes of at least 4 members (excludes halogenated alkanes) is 10. The normalized spacial score (nSPS) is 15.6. The predicted molar refractivity (Wildman–Crippen MR) is 371 cm³/mol. The molecule has 0 fully saturated rings. The van der Waals surface area contributed by atoms with E-state index >= 15 is 0 Å². The van der Waals surface area contributed by atoms with E-state index in [1.807, 2.05) is 0 Å². The Morgan fingerprint density at radius 1 is 0.432 bits per heavy atom. The third-order valence-electron chi connectivity index (χ3n) is 17.2. The summed E-state index contributed by atoms with van der Waals surface area (Å²) in [5.74, 6) is 0. The minimum Gasteiger partial charge on any atom is -0.310 e. The van der Waals surface area contributed by atoms with Crippen LogP contribution in [-0.2, 0) is 21.7 Å². The highest BCUT2D eigenvalue weighted by Gasteiger charge is 2.46. The number of fused-ring (bicyclic) bond motifs is 6. The Morgan fingerprint density at radius 3 is 1.28 bits per heavy atom. The summed E-state index contributed by atoms with van der Waals surface area (Å²) in [5, 5.41) is 0. The summed E-state index contributed by atoms with van der Waals surface area (Å²) in [4.78, 5) is 4.87. The molecule has 2 unspecified atom stereocenters. The maximum Gasteiger partial charge on any atom is 0.0475 e. The predicted octanol–water partition coefficient (Wildman–Crippen LogP) is 25.9. The van der Waals surface area contributed by atoms with Gasteiger partial charge in [-0.2, -0.15) is 0 Å². The summed E-state index contributed by atoms with van der Waals surface area (Å²) in [5.41, 5.74) is 37.7. The Balaban J connectivity index is 0.00000495. The number of rotatable bonds is 21. The minimum atomic E-state index is -0.523. The molecule has 0 heterocycles. The number of nitrogens with zero attached hydrogens (tertiary/aromatic N) is 2. The first-order valence-electron chi connectivity index (χ1n) is 29.9. The molecule has 0 aliphatic heterocycles. The van der Waals surface area contributed by atoms with Crippen LogP contribution in [0.5, 0.6) is 0 Å². The van der Waals surface area contributed by atoms with Crippen molar-refractivity contribution in [1.29, 1.82) is 0 Å². The first kappa shape index (κ1) is 59.2. The second-order valence-corrected chi connectivity index (χ2v) is 26.8. The molecule has 0 amide bonds. The van der Waals surface area contributed by atoms with Gasteiger partial charge in [-0.05, 0) is 224 Å². The molecule has 2 aliphatic carbocycles. The number of anilines is 6. The smallest absolute Gasteiger partial charge is 0.0475 e. The van der Waals surface area contributed by atoms with Crippen LogP contribution in [0.15, 0.2) is 202 Å². The highest BCUT2D eigenvalue weighted by atomic mass is 79.9. The van der Waals surface area contributed by atoms with Gasteiger partial charge in [0.25, 0.3) is 0 Å². The van der Waals surface area contributed by atoms with Gasteiger partial charge in [-0.3, -0.25) is 0 Å². The van der Waals surface area contributed by atoms with E-state index in [-0.39, 0.29) is 27.7 Å². The molecule has 0 N–H and O–H groups in total. The van der Waals surface area contributed by atoms with Gasteiger partial charge in [-0.1, -0.05) is 219 Å². The number of benzene rings is 7. The fourth-order valence-corrected chi connectivity index (χ4v) is 13.1. The fraction of sp³-hybridized carbons (Fsp3) is 0.351. The van der Waals surface area contributed by atoms with Crippen LogP contribution >= 0.6 is 31.9 Å². The van der Waals surface area contributed by atoms with Crippen LogP contribution in [0.2, 0.25) is 0 Å². The van der Waals surface area contributed by atoms with E-state index in [2.05, 4.69) is 297 Å². The quantitative estimate of drug-likeness (QED) is 0.0523. The number of allylic oxidation sites excluding steroid dienone is 1. The second-order valence-electron chi connectivity index (χ2n) is 24.9. The largest absolute Gasteiger partial charge is 0.310 e. The first-order valence-corrected chi connectivity index (χ1v) is 31.5. The van der Waals surface area contributed by atoms with Gasteiger partial charge in [0.15, 0.2) is 0 Å². The summed E-state index contributed by atoms with van der Waals surface area (Å²) in [6.45, 7) is 24.6. The molecule has 0 saturated carbocycles. The van der Waals surface area contributed by atoms with Gasteiger partial charge in [0.1, 0.15) is 0 Å². The molecule has 4 heteroatoms. The Hall–Kier alpha value is -6.48. The van der Waals surface area contributed by atoms with E-state index in [4.69, 9.17) is 0 Å². The Kier molecular flexibility index (Phi) is 18.8. The molecular weight excluding hydrogens is 1110 g/mol. The molecule has 0 spiro atoms. The molecule has 430 valence electrons. The summed E-state index contributed by atoms with van der Waals surface area (Å²) in [6, 6.07) is 55.8. The minimum absolute atomic E-state index is 0. The van der Waals surface area contributed by atoms with Crippen molar-refractivity contribution < 1.29 is 11.4 Å². The van der Waals surface area contributed by atoms with Crippen molar-refractivity contribution in [3.8, 4) is 22.3 Å². The van der Waals surface area contributed by atoms with E-state index in [1.165, 1.54) is 126 Å². The third kappa shape index (κ3) is 12.9. The number of hydrogen-bond donors (Lipinski definition) is 0. The molecule has 2 atom stereocenters. The van der Waals surface area contributed by atoms with Crippen LogP contribution < -0.4 is 9.80 Å². The van der Waals surface area contributed by atoms with Gasteiger partial charge < -0.3 is 9.80 Å². The molecule has 0 radical (unpaired) electrons. The molecule has 2 aliphatic rings. The highest BCUT2D eigenvalue weighted by molar-refractivity contribution is 9.10. The van der Waals surface area contributed by atoms with E-state index < -0.39 is 5.41 Å². The van der Waals surface area contributed by atoms with Crippen molar-refractivity contribution in [2.45, 2.75) is 174 Å². The van der Waals surface area contributed by atoms with Crippen molar-refractivity contribution in [3.63, 3.8) is 0 Å². The zero-order valence-electron chi connectivity index (χ0n) is 49.7. The molecule has 0 saturated heterocycles. The third-order valence-corrected chi connectivity index (χ3v) is 18.2. The molecule has 0 bridgehead atoms. The average Bonchev–Trinajstić information content (AvgIpc) is 1.70. The maximum absolute atomic E-state index is 3.74. The summed E-state index contributed by atoms with van der Waals surface area (Å²) < 4.78 is 2.12. The molecule has 2 nitrogen and oxygen atoms in total. The topological polar surface area (TPSA) is 6.48 Å². The van der Waals surface area contributed by atoms with E-state index in [1.54, 1.807) is 0 Å². The van der Waals surface area contributed by atoms with E-state index in [9.17, 15) is 0 Å². The van der Waals surface area contributed by atoms with Crippen LogP contribution in [0.3, 0.4) is 0 Å². The molecule has 9 rings (SSSR count). The number of hydrogen-bond acceptors (Lipinski definition) is 2. The lowest BCUT2D eigenvalue weighted by Crippen LogP contribution is -2.24. The second kappa shape index (κ2) is 25.8. The lowest BCUT2D eigenvalue weighted by Gasteiger charge is -2.32. The SMILES string of the molecule is C=C=C=C=C=C=C=CC1(CCCCCCCC)c2cc(N(c3ccc(Br)cc3)c3ccc(C(C)(C)C)cc3)ccc2-c2cc3c(cc21)-c1ccc(N(c2ccc(Br)cc2)c2ccc(C(C)(C)C)cc2)cc1C3(C)CCCCCCCC.[HH].[HH].[HH].[HH].[HH].[HH].[HH].[HH]. The van der Waals surface area contributed by atoms with Gasteiger partial charge in [0, 0.05) is 65.3 Å². The molecule has 0 aromatic heterocycles. The molecule has 7 aromatic carbocycles.